The minimum absolute atomic E-state index is 0.0471. The van der Waals surface area contributed by atoms with Crippen molar-refractivity contribution in [2.24, 2.45) is 0 Å². The monoisotopic (exact) mass is 338 g/mol. The van der Waals surface area contributed by atoms with E-state index in [4.69, 9.17) is 0 Å². The Bertz CT molecular complexity index is 740. The molecule has 118 valence electrons. The molecule has 0 radical (unpaired) electrons. The van der Waals surface area contributed by atoms with Gasteiger partial charge in [0.25, 0.3) is 5.91 Å². The molecule has 0 aliphatic carbocycles. The summed E-state index contributed by atoms with van der Waals surface area (Å²) in [5.74, 6) is -0.357. The van der Waals surface area contributed by atoms with Crippen molar-refractivity contribution in [2.45, 2.75) is 19.9 Å². The number of hydrogen-bond acceptors (Lipinski definition) is 4. The van der Waals surface area contributed by atoms with E-state index in [0.717, 1.165) is 4.88 Å². The molecule has 1 atom stereocenters. The second kappa shape index (κ2) is 6.93. The number of sulfonamides is 1. The van der Waals surface area contributed by atoms with Gasteiger partial charge in [-0.25, -0.2) is 8.42 Å². The Morgan fingerprint density at radius 3 is 2.59 bits per heavy atom. The zero-order chi connectivity index (χ0) is 16.2. The third-order valence-electron chi connectivity index (χ3n) is 3.13. The molecule has 7 heteroatoms. The van der Waals surface area contributed by atoms with E-state index in [2.05, 4.69) is 10.0 Å². The van der Waals surface area contributed by atoms with Crippen LogP contribution in [-0.2, 0) is 10.0 Å². The molecule has 0 spiro atoms. The fourth-order valence-electron chi connectivity index (χ4n) is 1.89. The lowest BCUT2D eigenvalue weighted by Crippen LogP contribution is -2.27. The smallest absolute Gasteiger partial charge is 0.253 e. The highest BCUT2D eigenvalue weighted by Crippen LogP contribution is 2.21. The highest BCUT2D eigenvalue weighted by molar-refractivity contribution is 7.92. The second-order valence-electron chi connectivity index (χ2n) is 4.76. The van der Waals surface area contributed by atoms with Crippen LogP contribution in [-0.4, -0.2) is 20.1 Å². The lowest BCUT2D eigenvalue weighted by molar-refractivity contribution is 0.0941. The van der Waals surface area contributed by atoms with E-state index in [1.165, 1.54) is 0 Å². The van der Waals surface area contributed by atoms with Gasteiger partial charge in [-0.1, -0.05) is 18.2 Å². The summed E-state index contributed by atoms with van der Waals surface area (Å²) in [7, 11) is -3.43. The molecule has 0 fully saturated rings. The number of carbonyl (C=O) groups excluding carboxylic acids is 1. The summed E-state index contributed by atoms with van der Waals surface area (Å²) in [6.07, 6.45) is 0. The maximum absolute atomic E-state index is 12.4. The van der Waals surface area contributed by atoms with Gasteiger partial charge < -0.3 is 5.32 Å². The standard InChI is InChI=1S/C15H18N2O3S2/c1-3-22(19,20)17-13-8-5-4-7-12(13)15(18)16-11(2)14-9-6-10-21-14/h4-11,17H,3H2,1-2H3,(H,16,18)/t11-/m1/s1. The number of thiophene rings is 1. The quantitative estimate of drug-likeness (QED) is 0.850. The van der Waals surface area contributed by atoms with Crippen LogP contribution >= 0.6 is 11.3 Å². The zero-order valence-corrected chi connectivity index (χ0v) is 14.0. The lowest BCUT2D eigenvalue weighted by atomic mass is 10.1. The molecule has 22 heavy (non-hydrogen) atoms. The van der Waals surface area contributed by atoms with Gasteiger partial charge in [-0.05, 0) is 37.4 Å². The first kappa shape index (κ1) is 16.5. The summed E-state index contributed by atoms with van der Waals surface area (Å²) in [5.41, 5.74) is 0.600. The van der Waals surface area contributed by atoms with Gasteiger partial charge in [0.15, 0.2) is 0 Å². The number of rotatable bonds is 6. The van der Waals surface area contributed by atoms with E-state index in [1.54, 1.807) is 42.5 Å². The number of anilines is 1. The highest BCUT2D eigenvalue weighted by atomic mass is 32.2. The molecular formula is C15H18N2O3S2. The molecule has 0 saturated carbocycles. The van der Waals surface area contributed by atoms with Crippen molar-refractivity contribution in [3.63, 3.8) is 0 Å². The molecule has 1 aromatic carbocycles. The van der Waals surface area contributed by atoms with Gasteiger partial charge in [-0.2, -0.15) is 0 Å². The first-order valence-corrected chi connectivity index (χ1v) is 9.40. The van der Waals surface area contributed by atoms with Crippen molar-refractivity contribution >= 4 is 33.0 Å². The Balaban J connectivity index is 2.19. The number of benzene rings is 1. The lowest BCUT2D eigenvalue weighted by Gasteiger charge is -2.15. The Labute approximate surface area is 134 Å². The molecule has 2 rings (SSSR count). The predicted octanol–water partition coefficient (Wildman–Crippen LogP) is 3.00. The summed E-state index contributed by atoms with van der Waals surface area (Å²) in [6, 6.07) is 10.3. The number of carbonyl (C=O) groups is 1. The fourth-order valence-corrected chi connectivity index (χ4v) is 3.28. The van der Waals surface area contributed by atoms with Crippen molar-refractivity contribution in [3.8, 4) is 0 Å². The molecule has 0 saturated heterocycles. The van der Waals surface area contributed by atoms with Gasteiger partial charge in [-0.3, -0.25) is 9.52 Å². The molecule has 1 heterocycles. The van der Waals surface area contributed by atoms with Crippen LogP contribution < -0.4 is 10.0 Å². The average molecular weight is 338 g/mol. The van der Waals surface area contributed by atoms with E-state index in [9.17, 15) is 13.2 Å². The normalized spacial score (nSPS) is 12.6. The summed E-state index contributed by atoms with van der Waals surface area (Å²) < 4.78 is 25.9. The van der Waals surface area contributed by atoms with Crippen LogP contribution in [0.2, 0.25) is 0 Å². The van der Waals surface area contributed by atoms with Crippen molar-refractivity contribution in [1.29, 1.82) is 0 Å². The van der Waals surface area contributed by atoms with Crippen LogP contribution in [0.5, 0.6) is 0 Å². The minimum atomic E-state index is -3.43. The summed E-state index contributed by atoms with van der Waals surface area (Å²) >= 11 is 1.56. The van der Waals surface area contributed by atoms with Crippen molar-refractivity contribution < 1.29 is 13.2 Å². The first-order chi connectivity index (χ1) is 10.4. The van der Waals surface area contributed by atoms with Crippen LogP contribution in [0.15, 0.2) is 41.8 Å². The molecule has 5 nitrogen and oxygen atoms in total. The molecule has 1 amide bonds. The van der Waals surface area contributed by atoms with Crippen LogP contribution in [0.3, 0.4) is 0 Å². The molecular weight excluding hydrogens is 320 g/mol. The Morgan fingerprint density at radius 1 is 1.23 bits per heavy atom. The second-order valence-corrected chi connectivity index (χ2v) is 7.75. The molecule has 0 unspecified atom stereocenters. The molecule has 0 aliphatic heterocycles. The van der Waals surface area contributed by atoms with Gasteiger partial charge in [0.1, 0.15) is 0 Å². The van der Waals surface area contributed by atoms with Crippen LogP contribution in [0.1, 0.15) is 35.1 Å². The highest BCUT2D eigenvalue weighted by Gasteiger charge is 2.17. The van der Waals surface area contributed by atoms with E-state index >= 15 is 0 Å². The number of amides is 1. The van der Waals surface area contributed by atoms with E-state index in [1.807, 2.05) is 24.4 Å². The minimum Gasteiger partial charge on any atom is -0.345 e. The zero-order valence-electron chi connectivity index (χ0n) is 12.4. The van der Waals surface area contributed by atoms with Gasteiger partial charge in [-0.15, -0.1) is 11.3 Å². The third-order valence-corrected chi connectivity index (χ3v) is 5.48. The SMILES string of the molecule is CCS(=O)(=O)Nc1ccccc1C(=O)N[C@H](C)c1cccs1. The first-order valence-electron chi connectivity index (χ1n) is 6.86. The topological polar surface area (TPSA) is 75.3 Å². The number of hydrogen-bond donors (Lipinski definition) is 2. The van der Waals surface area contributed by atoms with Crippen LogP contribution in [0, 0.1) is 0 Å². The third kappa shape index (κ3) is 4.08. The Hall–Kier alpha value is -1.86. The number of nitrogens with one attached hydrogen (secondary N) is 2. The molecule has 2 N–H and O–H groups in total. The molecule has 2 aromatic rings. The summed E-state index contributed by atoms with van der Waals surface area (Å²) in [6.45, 7) is 3.44. The summed E-state index contributed by atoms with van der Waals surface area (Å²) in [5, 5.41) is 4.83. The van der Waals surface area contributed by atoms with Crippen molar-refractivity contribution in [3.05, 3.63) is 52.2 Å². The molecule has 0 aliphatic rings. The van der Waals surface area contributed by atoms with E-state index in [0.29, 0.717) is 11.3 Å². The summed E-state index contributed by atoms with van der Waals surface area (Å²) in [4.78, 5) is 13.4. The average Bonchev–Trinajstić information content (AvgIpc) is 3.01. The maximum Gasteiger partial charge on any atom is 0.253 e. The van der Waals surface area contributed by atoms with Gasteiger partial charge >= 0.3 is 0 Å². The number of para-hydroxylation sites is 1. The fraction of sp³-hybridized carbons (Fsp3) is 0.267. The van der Waals surface area contributed by atoms with Gasteiger partial charge in [0.05, 0.1) is 23.0 Å². The maximum atomic E-state index is 12.4. The molecule has 0 bridgehead atoms. The van der Waals surface area contributed by atoms with Crippen molar-refractivity contribution in [2.75, 3.05) is 10.5 Å². The van der Waals surface area contributed by atoms with E-state index in [-0.39, 0.29) is 17.7 Å². The van der Waals surface area contributed by atoms with E-state index < -0.39 is 10.0 Å². The Kier molecular flexibility index (Phi) is 5.20. The Morgan fingerprint density at radius 2 is 1.95 bits per heavy atom. The van der Waals surface area contributed by atoms with Crippen LogP contribution in [0.25, 0.3) is 0 Å². The predicted molar refractivity (Wildman–Crippen MR) is 89.7 cm³/mol. The van der Waals surface area contributed by atoms with Crippen LogP contribution in [0.4, 0.5) is 5.69 Å². The largest absolute Gasteiger partial charge is 0.345 e. The molecule has 1 aromatic heterocycles. The van der Waals surface area contributed by atoms with Gasteiger partial charge in [0, 0.05) is 4.88 Å². The van der Waals surface area contributed by atoms with Crippen molar-refractivity contribution in [1.82, 2.24) is 5.32 Å². The van der Waals surface area contributed by atoms with Gasteiger partial charge in [0.2, 0.25) is 10.0 Å².